The number of amides is 2. The molecule has 0 aliphatic heterocycles. The SMILES string of the molecule is NC(=O)CC(=CCCCC(O)O)C(N)=O. The number of unbranched alkanes of at least 4 members (excludes halogenated alkanes) is 1. The Morgan fingerprint density at radius 3 is 2.27 bits per heavy atom. The van der Waals surface area contributed by atoms with Crippen LogP contribution in [0.25, 0.3) is 0 Å². The van der Waals surface area contributed by atoms with Crippen LogP contribution in [0.3, 0.4) is 0 Å². The van der Waals surface area contributed by atoms with E-state index in [1.54, 1.807) is 0 Å². The fraction of sp³-hybridized carbons (Fsp3) is 0.556. The number of carbonyl (C=O) groups excluding carboxylic acids is 2. The number of carbonyl (C=O) groups is 2. The van der Waals surface area contributed by atoms with Gasteiger partial charge in [-0.25, -0.2) is 0 Å². The first-order valence-electron chi connectivity index (χ1n) is 4.56. The lowest BCUT2D eigenvalue weighted by Crippen LogP contribution is -2.20. The summed E-state index contributed by atoms with van der Waals surface area (Å²) in [4.78, 5) is 21.4. The Labute approximate surface area is 87.6 Å². The average Bonchev–Trinajstić information content (AvgIpc) is 2.08. The van der Waals surface area contributed by atoms with E-state index in [9.17, 15) is 9.59 Å². The summed E-state index contributed by atoms with van der Waals surface area (Å²) >= 11 is 0. The first kappa shape index (κ1) is 13.6. The molecule has 0 saturated heterocycles. The van der Waals surface area contributed by atoms with Crippen molar-refractivity contribution in [3.8, 4) is 0 Å². The molecule has 6 nitrogen and oxygen atoms in total. The number of aliphatic hydroxyl groups is 2. The average molecular weight is 216 g/mol. The number of allylic oxidation sites excluding steroid dienone is 1. The summed E-state index contributed by atoms with van der Waals surface area (Å²) in [5.74, 6) is -1.31. The smallest absolute Gasteiger partial charge is 0.244 e. The van der Waals surface area contributed by atoms with Crippen molar-refractivity contribution >= 4 is 11.8 Å². The van der Waals surface area contributed by atoms with Crippen LogP contribution in [0.1, 0.15) is 25.7 Å². The second-order valence-electron chi connectivity index (χ2n) is 3.15. The Kier molecular flexibility index (Phi) is 6.32. The summed E-state index contributed by atoms with van der Waals surface area (Å²) < 4.78 is 0. The lowest BCUT2D eigenvalue weighted by Gasteiger charge is -2.02. The monoisotopic (exact) mass is 216 g/mol. The van der Waals surface area contributed by atoms with Crippen molar-refractivity contribution in [3.63, 3.8) is 0 Å². The molecule has 0 aromatic carbocycles. The number of aliphatic hydroxyl groups excluding tert-OH is 1. The number of hydrogen-bond donors (Lipinski definition) is 4. The van der Waals surface area contributed by atoms with Gasteiger partial charge in [0.05, 0.1) is 6.42 Å². The minimum atomic E-state index is -1.36. The predicted octanol–water partition coefficient (Wildman–Crippen LogP) is -1.25. The molecule has 86 valence electrons. The maximum Gasteiger partial charge on any atom is 0.244 e. The van der Waals surface area contributed by atoms with Crippen LogP contribution >= 0.6 is 0 Å². The van der Waals surface area contributed by atoms with Gasteiger partial charge in [-0.05, 0) is 19.3 Å². The molecule has 0 saturated carbocycles. The fourth-order valence-corrected chi connectivity index (χ4v) is 1.02. The van der Waals surface area contributed by atoms with Crippen LogP contribution < -0.4 is 11.5 Å². The van der Waals surface area contributed by atoms with E-state index in [0.29, 0.717) is 12.8 Å². The molecule has 0 radical (unpaired) electrons. The molecule has 0 rings (SSSR count). The fourth-order valence-electron chi connectivity index (χ4n) is 1.02. The van der Waals surface area contributed by atoms with E-state index in [2.05, 4.69) is 0 Å². The van der Waals surface area contributed by atoms with E-state index in [4.69, 9.17) is 21.7 Å². The molecular formula is C9H16N2O4. The Morgan fingerprint density at radius 2 is 1.87 bits per heavy atom. The number of rotatable bonds is 7. The summed E-state index contributed by atoms with van der Waals surface area (Å²) in [5.41, 5.74) is 10.1. The third kappa shape index (κ3) is 7.65. The standard InChI is InChI=1S/C9H16N2O4/c10-7(12)5-6(9(11)15)3-1-2-4-8(13)14/h3,8,13-14H,1-2,4-5H2,(H2,10,12)(H2,11,15). The van der Waals surface area contributed by atoms with Crippen molar-refractivity contribution in [1.82, 2.24) is 0 Å². The van der Waals surface area contributed by atoms with Crippen LogP contribution in [0.15, 0.2) is 11.6 Å². The van der Waals surface area contributed by atoms with Crippen LogP contribution in [-0.4, -0.2) is 28.3 Å². The van der Waals surface area contributed by atoms with E-state index in [0.717, 1.165) is 0 Å². The number of nitrogens with two attached hydrogens (primary N) is 2. The molecule has 0 fully saturated rings. The molecule has 0 aliphatic carbocycles. The Bertz CT molecular complexity index is 261. The van der Waals surface area contributed by atoms with Gasteiger partial charge < -0.3 is 21.7 Å². The Hall–Kier alpha value is -1.40. The first-order valence-corrected chi connectivity index (χ1v) is 4.56. The van der Waals surface area contributed by atoms with Crippen molar-refractivity contribution in [3.05, 3.63) is 11.6 Å². The lowest BCUT2D eigenvalue weighted by atomic mass is 10.1. The highest BCUT2D eigenvalue weighted by molar-refractivity contribution is 5.97. The maximum atomic E-state index is 10.8. The third-order valence-electron chi connectivity index (χ3n) is 1.74. The van der Waals surface area contributed by atoms with Gasteiger partial charge in [-0.2, -0.15) is 0 Å². The van der Waals surface area contributed by atoms with Gasteiger partial charge in [0, 0.05) is 5.57 Å². The van der Waals surface area contributed by atoms with E-state index in [1.807, 2.05) is 0 Å². The van der Waals surface area contributed by atoms with Crippen LogP contribution in [0, 0.1) is 0 Å². The van der Waals surface area contributed by atoms with Crippen LogP contribution in [0.2, 0.25) is 0 Å². The van der Waals surface area contributed by atoms with Gasteiger partial charge in [0.25, 0.3) is 0 Å². The van der Waals surface area contributed by atoms with Crippen molar-refractivity contribution in [1.29, 1.82) is 0 Å². The molecule has 6 N–H and O–H groups in total. The van der Waals surface area contributed by atoms with Crippen LogP contribution in [-0.2, 0) is 9.59 Å². The van der Waals surface area contributed by atoms with Gasteiger partial charge >= 0.3 is 0 Å². The zero-order valence-corrected chi connectivity index (χ0v) is 8.35. The molecule has 0 aliphatic rings. The van der Waals surface area contributed by atoms with Gasteiger partial charge in [-0.15, -0.1) is 0 Å². The normalized spacial score (nSPS) is 11.8. The van der Waals surface area contributed by atoms with Gasteiger partial charge in [-0.1, -0.05) is 6.08 Å². The van der Waals surface area contributed by atoms with Crippen molar-refractivity contribution < 1.29 is 19.8 Å². The highest BCUT2D eigenvalue weighted by Gasteiger charge is 2.07. The van der Waals surface area contributed by atoms with Crippen LogP contribution in [0.4, 0.5) is 0 Å². The minimum absolute atomic E-state index is 0.162. The van der Waals surface area contributed by atoms with E-state index < -0.39 is 18.1 Å². The maximum absolute atomic E-state index is 10.8. The molecule has 0 aromatic heterocycles. The minimum Gasteiger partial charge on any atom is -0.369 e. The number of hydrogen-bond acceptors (Lipinski definition) is 4. The highest BCUT2D eigenvalue weighted by Crippen LogP contribution is 2.06. The summed E-state index contributed by atoms with van der Waals surface area (Å²) in [7, 11) is 0. The highest BCUT2D eigenvalue weighted by atomic mass is 16.5. The molecule has 0 bridgehead atoms. The van der Waals surface area contributed by atoms with E-state index in [1.165, 1.54) is 6.08 Å². The topological polar surface area (TPSA) is 127 Å². The summed E-state index contributed by atoms with van der Waals surface area (Å²) in [5, 5.41) is 17.1. The van der Waals surface area contributed by atoms with Crippen molar-refractivity contribution in [2.75, 3.05) is 0 Å². The molecule has 0 unspecified atom stereocenters. The molecule has 0 heterocycles. The van der Waals surface area contributed by atoms with E-state index >= 15 is 0 Å². The summed E-state index contributed by atoms with van der Waals surface area (Å²) in [6.45, 7) is 0. The molecule has 0 atom stereocenters. The van der Waals surface area contributed by atoms with Gasteiger partial charge in [0.1, 0.15) is 0 Å². The van der Waals surface area contributed by atoms with Gasteiger partial charge in [0.15, 0.2) is 6.29 Å². The van der Waals surface area contributed by atoms with E-state index in [-0.39, 0.29) is 18.4 Å². The van der Waals surface area contributed by atoms with Crippen molar-refractivity contribution in [2.24, 2.45) is 11.5 Å². The summed E-state index contributed by atoms with van der Waals surface area (Å²) in [6.07, 6.45) is 1.11. The van der Waals surface area contributed by atoms with Crippen molar-refractivity contribution in [2.45, 2.75) is 32.0 Å². The molecule has 2 amide bonds. The predicted molar refractivity (Wildman–Crippen MR) is 53.2 cm³/mol. The zero-order chi connectivity index (χ0) is 11.8. The quantitative estimate of drug-likeness (QED) is 0.241. The third-order valence-corrected chi connectivity index (χ3v) is 1.74. The largest absolute Gasteiger partial charge is 0.369 e. The zero-order valence-electron chi connectivity index (χ0n) is 8.35. The van der Waals surface area contributed by atoms with Crippen LogP contribution in [0.5, 0.6) is 0 Å². The van der Waals surface area contributed by atoms with Gasteiger partial charge in [-0.3, -0.25) is 9.59 Å². The first-order chi connectivity index (χ1) is 6.93. The second-order valence-corrected chi connectivity index (χ2v) is 3.15. The Balaban J connectivity index is 4.07. The molecular weight excluding hydrogens is 200 g/mol. The molecule has 6 heteroatoms. The molecule has 0 aromatic rings. The molecule has 0 spiro atoms. The number of primary amides is 2. The second kappa shape index (κ2) is 6.97. The summed E-state index contributed by atoms with van der Waals surface area (Å²) in [6, 6.07) is 0. The Morgan fingerprint density at radius 1 is 1.27 bits per heavy atom. The lowest BCUT2D eigenvalue weighted by molar-refractivity contribution is -0.120. The molecule has 15 heavy (non-hydrogen) atoms. The van der Waals surface area contributed by atoms with Gasteiger partial charge in [0.2, 0.25) is 11.8 Å².